The summed E-state index contributed by atoms with van der Waals surface area (Å²) in [5.74, 6) is 0. The smallest absolute Gasteiger partial charge is 0.308 e. The molecule has 0 aliphatic rings. The average Bonchev–Trinajstić information content (AvgIpc) is 3.98. The maximum Gasteiger partial charge on any atom is 0.420 e. The van der Waals surface area contributed by atoms with Crippen molar-refractivity contribution in [1.82, 2.24) is 9.13 Å². The largest absolute Gasteiger partial charge is 0.420 e. The zero-order valence-corrected chi connectivity index (χ0v) is 39.9. The first kappa shape index (κ1) is 46.1. The lowest BCUT2D eigenvalue weighted by molar-refractivity contribution is -0.137. The summed E-state index contributed by atoms with van der Waals surface area (Å²) in [6, 6.07) is 71.5. The van der Waals surface area contributed by atoms with Gasteiger partial charge in [-0.15, -0.1) is 0 Å². The lowest BCUT2D eigenvalue weighted by Gasteiger charge is -2.23. The maximum atomic E-state index is 17.3. The number of aromatic nitrogens is 2. The summed E-state index contributed by atoms with van der Waals surface area (Å²) in [7, 11) is 0. The minimum atomic E-state index is -5.06. The van der Waals surface area contributed by atoms with E-state index in [1.165, 1.54) is 12.1 Å². The molecule has 0 radical (unpaired) electrons. The van der Waals surface area contributed by atoms with Crippen molar-refractivity contribution in [1.29, 1.82) is 26.3 Å². The van der Waals surface area contributed by atoms with Crippen molar-refractivity contribution in [2.24, 2.45) is 0 Å². The summed E-state index contributed by atoms with van der Waals surface area (Å²) in [5.41, 5.74) is 7.72. The Bertz CT molecular complexity index is 4170. The number of hydrogen-bond donors (Lipinski definition) is 0. The van der Waals surface area contributed by atoms with Gasteiger partial charge in [0.2, 0.25) is 0 Å². The number of benzene rings is 10. The van der Waals surface area contributed by atoms with Crippen molar-refractivity contribution in [3.05, 3.63) is 240 Å². The molecule has 7 nitrogen and oxygen atoms in total. The van der Waals surface area contributed by atoms with Gasteiger partial charge in [0.25, 0.3) is 0 Å². The summed E-state index contributed by atoms with van der Waals surface area (Å²) < 4.78 is 55.2. The third-order valence-corrected chi connectivity index (χ3v) is 14.2. The minimum Gasteiger partial charge on any atom is -0.308 e. The molecular formula is C66H34F3N7. The molecule has 0 bridgehead atoms. The molecular weight excluding hydrogens is 948 g/mol. The first-order chi connectivity index (χ1) is 37.1. The van der Waals surface area contributed by atoms with Crippen molar-refractivity contribution in [3.63, 3.8) is 0 Å². The van der Waals surface area contributed by atoms with Gasteiger partial charge in [0.05, 0.1) is 91.6 Å². The zero-order chi connectivity index (χ0) is 52.2. The van der Waals surface area contributed by atoms with Gasteiger partial charge in [-0.1, -0.05) is 133 Å². The third kappa shape index (κ3) is 7.57. The van der Waals surface area contributed by atoms with Crippen molar-refractivity contribution in [2.45, 2.75) is 6.18 Å². The van der Waals surface area contributed by atoms with E-state index in [4.69, 9.17) is 0 Å². The van der Waals surface area contributed by atoms with Crippen LogP contribution in [0.25, 0.3) is 111 Å². The third-order valence-electron chi connectivity index (χ3n) is 14.2. The molecule has 0 atom stereocenters. The molecule has 12 aromatic rings. The Labute approximate surface area is 433 Å². The van der Waals surface area contributed by atoms with Gasteiger partial charge in [0.1, 0.15) is 5.56 Å². The van der Waals surface area contributed by atoms with Crippen LogP contribution in [0, 0.1) is 56.7 Å². The van der Waals surface area contributed by atoms with Gasteiger partial charge in [-0.3, -0.25) is 0 Å². The van der Waals surface area contributed by atoms with Crippen molar-refractivity contribution < 1.29 is 13.2 Å². The fourth-order valence-corrected chi connectivity index (χ4v) is 10.7. The molecule has 2 heterocycles. The fourth-order valence-electron chi connectivity index (χ4n) is 10.7. The van der Waals surface area contributed by atoms with E-state index in [2.05, 4.69) is 30.3 Å². The second kappa shape index (κ2) is 18.3. The van der Waals surface area contributed by atoms with E-state index >= 15 is 13.2 Å². The molecule has 0 fully saturated rings. The van der Waals surface area contributed by atoms with Crippen LogP contribution in [-0.4, -0.2) is 9.13 Å². The first-order valence-corrected chi connectivity index (χ1v) is 24.0. The van der Waals surface area contributed by atoms with E-state index in [9.17, 15) is 26.3 Å². The highest BCUT2D eigenvalue weighted by Crippen LogP contribution is 2.48. The SMILES string of the molecule is N#Cc1cccc(-c2cc(-n3c4cc(-c5ccccc5C#N)ccc4c4ccc(-c5ccccc5C#N)cc43)c(C(F)(F)F)c(-n3c4cc(-c5ccccc5C#N)ccc4c4ccc(-c5ccccc5C#N)cc43)c2)c1. The highest BCUT2D eigenvalue weighted by molar-refractivity contribution is 6.13. The summed E-state index contributed by atoms with van der Waals surface area (Å²) in [6.45, 7) is 0. The van der Waals surface area contributed by atoms with Crippen LogP contribution in [0.15, 0.2) is 206 Å². The Morgan fingerprint density at radius 2 is 0.632 bits per heavy atom. The van der Waals surface area contributed by atoms with Crippen molar-refractivity contribution in [2.75, 3.05) is 0 Å². The standard InChI is InChI=1S/C66H34F3N7/c67-66(68,69)65-63(75-59-29-42(51-16-5-1-11-46(51)36-71)20-24-55(59)56-25-21-43(30-60(56)75)52-17-6-2-12-47(52)37-72)33-50(41-15-9-10-40(28-41)35-70)34-64(65)76-61-31-44(53-18-7-3-13-48(53)38-73)22-26-57(61)58-27-23-45(32-62(58)76)54-19-8-4-14-49(54)39-74/h1-34H. The lowest BCUT2D eigenvalue weighted by Crippen LogP contribution is -2.16. The van der Waals surface area contributed by atoms with E-state index in [-0.39, 0.29) is 11.4 Å². The van der Waals surface area contributed by atoms with E-state index < -0.39 is 11.7 Å². The molecule has 0 aliphatic heterocycles. The van der Waals surface area contributed by atoms with Crippen LogP contribution in [0.5, 0.6) is 0 Å². The van der Waals surface area contributed by atoms with Gasteiger partial charge in [-0.2, -0.15) is 39.5 Å². The van der Waals surface area contributed by atoms with Gasteiger partial charge >= 0.3 is 6.18 Å². The highest BCUT2D eigenvalue weighted by Gasteiger charge is 2.40. The van der Waals surface area contributed by atoms with Gasteiger partial charge in [-0.05, 0) is 128 Å². The molecule has 12 rings (SSSR count). The Morgan fingerprint density at radius 1 is 0.303 bits per heavy atom. The summed E-state index contributed by atoms with van der Waals surface area (Å²) in [5, 5.41) is 53.8. The second-order valence-electron chi connectivity index (χ2n) is 18.3. The van der Waals surface area contributed by atoms with Crippen molar-refractivity contribution >= 4 is 43.6 Å². The number of fused-ring (bicyclic) bond motifs is 6. The first-order valence-electron chi connectivity index (χ1n) is 24.0. The molecule has 10 aromatic carbocycles. The zero-order valence-electron chi connectivity index (χ0n) is 39.9. The molecule has 2 aromatic heterocycles. The molecule has 0 amide bonds. The van der Waals surface area contributed by atoms with Gasteiger partial charge in [0, 0.05) is 21.5 Å². The van der Waals surface area contributed by atoms with Gasteiger partial charge in [-0.25, -0.2) is 0 Å². The number of rotatable bonds is 7. The second-order valence-corrected chi connectivity index (χ2v) is 18.3. The Morgan fingerprint density at radius 3 is 0.934 bits per heavy atom. The van der Waals surface area contributed by atoms with Crippen LogP contribution in [-0.2, 0) is 6.18 Å². The maximum absolute atomic E-state index is 17.3. The minimum absolute atomic E-state index is 0.231. The summed E-state index contributed by atoms with van der Waals surface area (Å²) >= 11 is 0. The Hall–Kier alpha value is -11.0. The number of hydrogen-bond acceptors (Lipinski definition) is 5. The molecule has 10 heteroatoms. The molecule has 76 heavy (non-hydrogen) atoms. The molecule has 354 valence electrons. The Kier molecular flexibility index (Phi) is 11.1. The highest BCUT2D eigenvalue weighted by atomic mass is 19.4. The van der Waals surface area contributed by atoms with E-state index in [0.717, 1.165) is 0 Å². The van der Waals surface area contributed by atoms with Gasteiger partial charge in [0.15, 0.2) is 0 Å². The number of nitriles is 5. The van der Waals surface area contributed by atoms with Crippen LogP contribution >= 0.6 is 0 Å². The molecule has 0 unspecified atom stereocenters. The quantitative estimate of drug-likeness (QED) is 0.157. The van der Waals surface area contributed by atoms with Crippen LogP contribution in [0.4, 0.5) is 13.2 Å². The van der Waals surface area contributed by atoms with E-state index in [1.54, 1.807) is 106 Å². The van der Waals surface area contributed by atoms with Crippen molar-refractivity contribution in [3.8, 4) is 97.4 Å². The number of nitrogens with zero attached hydrogens (tertiary/aromatic N) is 7. The number of alkyl halides is 3. The van der Waals surface area contributed by atoms with Crippen LogP contribution in [0.2, 0.25) is 0 Å². The van der Waals surface area contributed by atoms with Crippen LogP contribution in [0.3, 0.4) is 0 Å². The molecule has 0 aliphatic carbocycles. The van der Waals surface area contributed by atoms with Crippen LogP contribution in [0.1, 0.15) is 33.4 Å². The molecule has 0 N–H and O–H groups in total. The topological polar surface area (TPSA) is 129 Å². The molecule has 0 saturated carbocycles. The van der Waals surface area contributed by atoms with Gasteiger partial charge < -0.3 is 9.13 Å². The predicted molar refractivity (Wildman–Crippen MR) is 291 cm³/mol. The fraction of sp³-hybridized carbons (Fsp3) is 0.0152. The van der Waals surface area contributed by atoms with Crippen LogP contribution < -0.4 is 0 Å². The van der Waals surface area contributed by atoms with E-state index in [0.29, 0.717) is 127 Å². The van der Waals surface area contributed by atoms with E-state index in [1.807, 2.05) is 97.1 Å². The summed E-state index contributed by atoms with van der Waals surface area (Å²) in [6.07, 6.45) is -5.06. The monoisotopic (exact) mass is 981 g/mol. The lowest BCUT2D eigenvalue weighted by atomic mass is 9.97. The predicted octanol–water partition coefficient (Wildman–Crippen LogP) is 16.6. The summed E-state index contributed by atoms with van der Waals surface area (Å²) in [4.78, 5) is 0. The normalized spacial score (nSPS) is 11.3. The average molecular weight is 982 g/mol. The Balaban J connectivity index is 1.28. The number of halogens is 3. The molecule has 0 saturated heterocycles. The molecule has 0 spiro atoms.